The Morgan fingerprint density at radius 1 is 1.12 bits per heavy atom. The second kappa shape index (κ2) is 6.69. The van der Waals surface area contributed by atoms with Gasteiger partial charge in [-0.3, -0.25) is 14.7 Å². The molecule has 0 aliphatic carbocycles. The van der Waals surface area contributed by atoms with Gasteiger partial charge in [0.25, 0.3) is 5.91 Å². The van der Waals surface area contributed by atoms with Crippen molar-refractivity contribution in [3.05, 3.63) is 83.1 Å². The lowest BCUT2D eigenvalue weighted by Crippen LogP contribution is -2.32. The molecule has 1 aliphatic rings. The molecule has 26 heavy (non-hydrogen) atoms. The number of rotatable bonds is 4. The van der Waals surface area contributed by atoms with E-state index < -0.39 is 6.17 Å². The number of hydrogen-bond donors (Lipinski definition) is 1. The van der Waals surface area contributed by atoms with Crippen LogP contribution in [-0.4, -0.2) is 18.0 Å². The van der Waals surface area contributed by atoms with Crippen LogP contribution in [0.1, 0.15) is 22.2 Å². The highest BCUT2D eigenvalue weighted by Gasteiger charge is 2.39. The first kappa shape index (κ1) is 16.4. The normalized spacial score (nSPS) is 15.7. The molecule has 2 aromatic carbocycles. The monoisotopic (exact) mass is 365 g/mol. The molecule has 0 fully saturated rings. The van der Waals surface area contributed by atoms with E-state index in [2.05, 4.69) is 10.3 Å². The quantitative estimate of drug-likeness (QED) is 0.738. The molecule has 0 saturated carbocycles. The lowest BCUT2D eigenvalue weighted by molar-refractivity contribution is 0.0993. The van der Waals surface area contributed by atoms with Gasteiger partial charge in [-0.25, -0.2) is 0 Å². The van der Waals surface area contributed by atoms with E-state index in [0.717, 1.165) is 11.4 Å². The second-order valence-corrected chi connectivity index (χ2v) is 6.30. The zero-order valence-corrected chi connectivity index (χ0v) is 14.8. The van der Waals surface area contributed by atoms with E-state index in [-0.39, 0.29) is 5.91 Å². The number of fused-ring (bicyclic) bond motifs is 1. The van der Waals surface area contributed by atoms with Gasteiger partial charge in [0.1, 0.15) is 5.75 Å². The Morgan fingerprint density at radius 2 is 1.92 bits per heavy atom. The molecular weight excluding hydrogens is 350 g/mol. The van der Waals surface area contributed by atoms with E-state index >= 15 is 0 Å². The number of benzene rings is 2. The molecule has 0 saturated heterocycles. The average molecular weight is 366 g/mol. The molecule has 1 aliphatic heterocycles. The molecule has 4 rings (SSSR count). The first-order chi connectivity index (χ1) is 12.7. The van der Waals surface area contributed by atoms with Gasteiger partial charge in [0.15, 0.2) is 6.17 Å². The molecule has 0 radical (unpaired) electrons. The third-order valence-corrected chi connectivity index (χ3v) is 4.54. The summed E-state index contributed by atoms with van der Waals surface area (Å²) >= 11 is 5.97. The number of methoxy groups -OCH3 is 1. The molecule has 3 aromatic rings. The predicted octanol–water partition coefficient (Wildman–Crippen LogP) is 4.51. The van der Waals surface area contributed by atoms with Gasteiger partial charge in [-0.05, 0) is 48.5 Å². The molecule has 0 bridgehead atoms. The van der Waals surface area contributed by atoms with Crippen molar-refractivity contribution in [1.29, 1.82) is 0 Å². The molecule has 0 spiro atoms. The maximum atomic E-state index is 13.0. The molecule has 130 valence electrons. The van der Waals surface area contributed by atoms with Crippen LogP contribution in [-0.2, 0) is 0 Å². The van der Waals surface area contributed by atoms with E-state index in [4.69, 9.17) is 16.3 Å². The number of carbonyl (C=O) groups excluding carboxylic acids is 1. The zero-order chi connectivity index (χ0) is 18.1. The molecule has 6 heteroatoms. The van der Waals surface area contributed by atoms with Gasteiger partial charge in [-0.2, -0.15) is 0 Å². The van der Waals surface area contributed by atoms with Crippen molar-refractivity contribution in [2.45, 2.75) is 6.17 Å². The van der Waals surface area contributed by atoms with Crippen molar-refractivity contribution in [2.24, 2.45) is 0 Å². The standard InChI is InChI=1S/C20H16ClN3O2/c1-26-16-5-2-4-15(12-16)24-19(23-14-9-7-13(21)8-10-14)18-17(20(24)25)6-3-11-22-18/h2-12,19,23H,1H3/t19-/m0/s1. The van der Waals surface area contributed by atoms with Crippen LogP contribution in [0.3, 0.4) is 0 Å². The average Bonchev–Trinajstić information content (AvgIpc) is 2.96. The summed E-state index contributed by atoms with van der Waals surface area (Å²) in [6.07, 6.45) is 1.27. The molecule has 2 heterocycles. The number of pyridine rings is 1. The van der Waals surface area contributed by atoms with Gasteiger partial charge in [-0.15, -0.1) is 0 Å². The van der Waals surface area contributed by atoms with Crippen LogP contribution < -0.4 is 15.0 Å². The van der Waals surface area contributed by atoms with Crippen LogP contribution in [0.2, 0.25) is 5.02 Å². The Labute approximate surface area is 156 Å². The number of halogens is 1. The van der Waals surface area contributed by atoms with Crippen molar-refractivity contribution in [3.8, 4) is 5.75 Å². The van der Waals surface area contributed by atoms with Crippen LogP contribution >= 0.6 is 11.6 Å². The van der Waals surface area contributed by atoms with E-state index in [9.17, 15) is 4.79 Å². The van der Waals surface area contributed by atoms with E-state index in [0.29, 0.717) is 22.0 Å². The maximum absolute atomic E-state index is 13.0. The number of nitrogens with zero attached hydrogens (tertiary/aromatic N) is 2. The summed E-state index contributed by atoms with van der Waals surface area (Å²) < 4.78 is 5.30. The number of carbonyl (C=O) groups is 1. The van der Waals surface area contributed by atoms with Gasteiger partial charge >= 0.3 is 0 Å². The SMILES string of the molecule is COc1cccc(N2C(=O)c3cccnc3[C@H]2Nc2ccc(Cl)cc2)c1. The third kappa shape index (κ3) is 2.86. The molecule has 1 aromatic heterocycles. The van der Waals surface area contributed by atoms with Crippen molar-refractivity contribution < 1.29 is 9.53 Å². The fraction of sp³-hybridized carbons (Fsp3) is 0.100. The van der Waals surface area contributed by atoms with Crippen LogP contribution in [0.15, 0.2) is 66.9 Å². The van der Waals surface area contributed by atoms with Gasteiger partial charge in [0.2, 0.25) is 0 Å². The van der Waals surface area contributed by atoms with Gasteiger partial charge < -0.3 is 10.1 Å². The lowest BCUT2D eigenvalue weighted by Gasteiger charge is -2.26. The molecule has 1 atom stereocenters. The van der Waals surface area contributed by atoms with Crippen LogP contribution in [0.25, 0.3) is 0 Å². The fourth-order valence-electron chi connectivity index (χ4n) is 3.05. The minimum Gasteiger partial charge on any atom is -0.497 e. The first-order valence-electron chi connectivity index (χ1n) is 8.12. The Morgan fingerprint density at radius 3 is 2.69 bits per heavy atom. The van der Waals surface area contributed by atoms with Gasteiger partial charge in [-0.1, -0.05) is 17.7 Å². The molecule has 5 nitrogen and oxygen atoms in total. The molecular formula is C20H16ClN3O2. The second-order valence-electron chi connectivity index (χ2n) is 5.87. The van der Waals surface area contributed by atoms with E-state index in [1.54, 1.807) is 42.5 Å². The zero-order valence-electron chi connectivity index (χ0n) is 14.0. The highest BCUT2D eigenvalue weighted by Crippen LogP contribution is 2.37. The van der Waals surface area contributed by atoms with Crippen molar-refractivity contribution >= 4 is 28.9 Å². The topological polar surface area (TPSA) is 54.5 Å². The highest BCUT2D eigenvalue weighted by atomic mass is 35.5. The minimum absolute atomic E-state index is 0.104. The van der Waals surface area contributed by atoms with Crippen LogP contribution in [0.5, 0.6) is 5.75 Å². The summed E-state index contributed by atoms with van der Waals surface area (Å²) in [5.41, 5.74) is 2.86. The number of aromatic nitrogens is 1. The minimum atomic E-state index is -0.424. The number of amides is 1. The largest absolute Gasteiger partial charge is 0.497 e. The summed E-state index contributed by atoms with van der Waals surface area (Å²) in [4.78, 5) is 19.2. The maximum Gasteiger partial charge on any atom is 0.262 e. The van der Waals surface area contributed by atoms with Crippen molar-refractivity contribution in [3.63, 3.8) is 0 Å². The molecule has 1 amide bonds. The molecule has 1 N–H and O–H groups in total. The van der Waals surface area contributed by atoms with E-state index in [1.807, 2.05) is 36.4 Å². The van der Waals surface area contributed by atoms with Crippen LogP contribution in [0, 0.1) is 0 Å². The summed E-state index contributed by atoms with van der Waals surface area (Å²) in [6.45, 7) is 0. The Kier molecular flexibility index (Phi) is 4.22. The predicted molar refractivity (Wildman–Crippen MR) is 102 cm³/mol. The summed E-state index contributed by atoms with van der Waals surface area (Å²) in [6, 6.07) is 18.3. The molecule has 0 unspecified atom stereocenters. The Balaban J connectivity index is 1.77. The smallest absolute Gasteiger partial charge is 0.262 e. The van der Waals surface area contributed by atoms with Gasteiger partial charge in [0, 0.05) is 23.0 Å². The Bertz CT molecular complexity index is 959. The fourth-order valence-corrected chi connectivity index (χ4v) is 3.18. The van der Waals surface area contributed by atoms with Crippen molar-refractivity contribution in [2.75, 3.05) is 17.3 Å². The first-order valence-corrected chi connectivity index (χ1v) is 8.50. The van der Waals surface area contributed by atoms with Crippen LogP contribution in [0.4, 0.5) is 11.4 Å². The third-order valence-electron chi connectivity index (χ3n) is 4.28. The summed E-state index contributed by atoms with van der Waals surface area (Å²) in [7, 11) is 1.60. The highest BCUT2D eigenvalue weighted by molar-refractivity contribution is 6.30. The van der Waals surface area contributed by atoms with Crippen molar-refractivity contribution in [1.82, 2.24) is 4.98 Å². The lowest BCUT2D eigenvalue weighted by atomic mass is 10.2. The summed E-state index contributed by atoms with van der Waals surface area (Å²) in [5, 5.41) is 4.04. The number of anilines is 2. The van der Waals surface area contributed by atoms with Gasteiger partial charge in [0.05, 0.1) is 24.1 Å². The van der Waals surface area contributed by atoms with E-state index in [1.165, 1.54) is 0 Å². The number of ether oxygens (including phenoxy) is 1. The summed E-state index contributed by atoms with van der Waals surface area (Å²) in [5.74, 6) is 0.581. The number of hydrogen-bond acceptors (Lipinski definition) is 4. The number of nitrogens with one attached hydrogen (secondary N) is 1. The Hall–Kier alpha value is -3.05.